The van der Waals surface area contributed by atoms with Crippen molar-refractivity contribution in [1.29, 1.82) is 0 Å². The first-order valence-corrected chi connectivity index (χ1v) is 8.99. The number of primary amides is 1. The molecular weight excluding hydrogens is 328 g/mol. The molecule has 2 N–H and O–H groups in total. The number of rotatable bonds is 7. The lowest BCUT2D eigenvalue weighted by atomic mass is 10.0. The molecule has 0 spiro atoms. The topological polar surface area (TPSA) is 72.6 Å². The fourth-order valence-corrected chi connectivity index (χ4v) is 3.40. The van der Waals surface area contributed by atoms with Gasteiger partial charge >= 0.3 is 0 Å². The molecule has 5 nitrogen and oxygen atoms in total. The number of carbonyl (C=O) groups excluding carboxylic acids is 2. The third-order valence-electron chi connectivity index (χ3n) is 4.73. The minimum atomic E-state index is -0.525. The largest absolute Gasteiger partial charge is 0.484 e. The maximum Gasteiger partial charge on any atom is 0.255 e. The van der Waals surface area contributed by atoms with Crippen LogP contribution in [0.15, 0.2) is 54.6 Å². The number of nitrogens with zero attached hydrogens (tertiary/aromatic N) is 1. The van der Waals surface area contributed by atoms with Gasteiger partial charge in [-0.25, -0.2) is 0 Å². The predicted octanol–water partition coefficient (Wildman–Crippen LogP) is 2.79. The van der Waals surface area contributed by atoms with E-state index in [0.29, 0.717) is 11.3 Å². The zero-order valence-corrected chi connectivity index (χ0v) is 14.8. The first-order chi connectivity index (χ1) is 12.6. The smallest absolute Gasteiger partial charge is 0.255 e. The van der Waals surface area contributed by atoms with Gasteiger partial charge < -0.3 is 15.4 Å². The molecule has 1 atom stereocenters. The fourth-order valence-electron chi connectivity index (χ4n) is 3.40. The van der Waals surface area contributed by atoms with Crippen LogP contribution in [-0.2, 0) is 11.2 Å². The van der Waals surface area contributed by atoms with E-state index in [1.54, 1.807) is 24.3 Å². The zero-order valence-electron chi connectivity index (χ0n) is 14.8. The second kappa shape index (κ2) is 8.52. The van der Waals surface area contributed by atoms with Crippen LogP contribution < -0.4 is 10.5 Å². The van der Waals surface area contributed by atoms with Crippen molar-refractivity contribution in [2.24, 2.45) is 5.73 Å². The Hall–Kier alpha value is -2.82. The van der Waals surface area contributed by atoms with Crippen LogP contribution in [0, 0.1) is 0 Å². The summed E-state index contributed by atoms with van der Waals surface area (Å²) in [6.07, 6.45) is 4.06. The number of nitrogens with two attached hydrogens (primary N) is 1. The van der Waals surface area contributed by atoms with E-state index >= 15 is 0 Å². The van der Waals surface area contributed by atoms with Crippen LogP contribution in [-0.4, -0.2) is 35.9 Å². The second-order valence-corrected chi connectivity index (χ2v) is 6.60. The number of amides is 2. The summed E-state index contributed by atoms with van der Waals surface area (Å²) in [6.45, 7) is 0.638. The Morgan fingerprint density at radius 2 is 1.81 bits per heavy atom. The quantitative estimate of drug-likeness (QED) is 0.833. The number of hydrogen-bond donors (Lipinski definition) is 1. The normalized spacial score (nSPS) is 16.5. The van der Waals surface area contributed by atoms with Gasteiger partial charge in [0.25, 0.3) is 11.8 Å². The Bertz CT molecular complexity index is 744. The van der Waals surface area contributed by atoms with Gasteiger partial charge in [-0.3, -0.25) is 9.59 Å². The number of hydrogen-bond acceptors (Lipinski definition) is 3. The maximum atomic E-state index is 12.9. The van der Waals surface area contributed by atoms with Crippen molar-refractivity contribution in [3.63, 3.8) is 0 Å². The summed E-state index contributed by atoms with van der Waals surface area (Å²) in [5.74, 6) is 0.0629. The van der Waals surface area contributed by atoms with E-state index in [2.05, 4.69) is 24.3 Å². The van der Waals surface area contributed by atoms with E-state index < -0.39 is 5.91 Å². The molecule has 2 amide bonds. The summed E-state index contributed by atoms with van der Waals surface area (Å²) in [7, 11) is 0. The summed E-state index contributed by atoms with van der Waals surface area (Å²) in [5.41, 5.74) is 7.01. The monoisotopic (exact) mass is 352 g/mol. The number of carbonyl (C=O) groups is 2. The first kappa shape index (κ1) is 18.0. The van der Waals surface area contributed by atoms with Crippen molar-refractivity contribution in [2.75, 3.05) is 13.2 Å². The molecule has 0 saturated carbocycles. The van der Waals surface area contributed by atoms with Crippen LogP contribution in [0.3, 0.4) is 0 Å². The molecule has 2 aromatic carbocycles. The van der Waals surface area contributed by atoms with E-state index in [1.165, 1.54) is 5.56 Å². The van der Waals surface area contributed by atoms with E-state index in [0.717, 1.165) is 32.2 Å². The molecule has 0 bridgehead atoms. The minimum Gasteiger partial charge on any atom is -0.484 e. The average Bonchev–Trinajstić information content (AvgIpc) is 3.14. The molecule has 0 aromatic heterocycles. The van der Waals surface area contributed by atoms with Gasteiger partial charge in [0.05, 0.1) is 0 Å². The maximum absolute atomic E-state index is 12.9. The van der Waals surface area contributed by atoms with E-state index in [9.17, 15) is 9.59 Å². The van der Waals surface area contributed by atoms with Crippen LogP contribution in [0.4, 0.5) is 0 Å². The molecule has 1 aliphatic heterocycles. The number of benzene rings is 2. The van der Waals surface area contributed by atoms with Crippen LogP contribution in [0.1, 0.15) is 35.2 Å². The van der Waals surface area contributed by atoms with Crippen LogP contribution >= 0.6 is 0 Å². The Morgan fingerprint density at radius 3 is 2.50 bits per heavy atom. The molecule has 26 heavy (non-hydrogen) atoms. The molecule has 1 aliphatic rings. The SMILES string of the molecule is NC(=O)COc1ccc(C(=O)N2CCC[C@@H]2CCc2ccccc2)cc1. The van der Waals surface area contributed by atoms with Crippen molar-refractivity contribution >= 4 is 11.8 Å². The zero-order chi connectivity index (χ0) is 18.4. The Balaban J connectivity index is 1.59. The molecule has 3 rings (SSSR count). The lowest BCUT2D eigenvalue weighted by molar-refractivity contribution is -0.119. The van der Waals surface area contributed by atoms with Crippen LogP contribution in [0.25, 0.3) is 0 Å². The Labute approximate surface area is 153 Å². The van der Waals surface area contributed by atoms with Gasteiger partial charge in [-0.05, 0) is 55.5 Å². The third kappa shape index (κ3) is 4.63. The first-order valence-electron chi connectivity index (χ1n) is 8.99. The highest BCUT2D eigenvalue weighted by atomic mass is 16.5. The van der Waals surface area contributed by atoms with E-state index in [-0.39, 0.29) is 18.6 Å². The lowest BCUT2D eigenvalue weighted by Crippen LogP contribution is -2.35. The molecule has 0 radical (unpaired) electrons. The Morgan fingerprint density at radius 1 is 1.08 bits per heavy atom. The summed E-state index contributed by atoms with van der Waals surface area (Å²) in [6, 6.07) is 17.5. The van der Waals surface area contributed by atoms with Gasteiger partial charge in [0.2, 0.25) is 0 Å². The summed E-state index contributed by atoms with van der Waals surface area (Å²) in [5, 5.41) is 0. The Kier molecular flexibility index (Phi) is 5.89. The average molecular weight is 352 g/mol. The molecule has 0 aliphatic carbocycles. The summed E-state index contributed by atoms with van der Waals surface area (Å²) in [4.78, 5) is 25.6. The highest BCUT2D eigenvalue weighted by Crippen LogP contribution is 2.24. The van der Waals surface area contributed by atoms with Crippen molar-refractivity contribution in [1.82, 2.24) is 4.90 Å². The minimum absolute atomic E-state index is 0.0574. The molecule has 136 valence electrons. The number of aryl methyl sites for hydroxylation is 1. The van der Waals surface area contributed by atoms with Gasteiger partial charge in [0.1, 0.15) is 5.75 Å². The van der Waals surface area contributed by atoms with Crippen molar-refractivity contribution in [2.45, 2.75) is 31.7 Å². The molecule has 5 heteroatoms. The van der Waals surface area contributed by atoms with Crippen molar-refractivity contribution in [3.05, 3.63) is 65.7 Å². The van der Waals surface area contributed by atoms with Gasteiger partial charge in [-0.2, -0.15) is 0 Å². The molecule has 2 aromatic rings. The van der Waals surface area contributed by atoms with Crippen LogP contribution in [0.5, 0.6) is 5.75 Å². The molecular formula is C21H24N2O3. The van der Waals surface area contributed by atoms with Gasteiger partial charge in [0.15, 0.2) is 6.61 Å². The third-order valence-corrected chi connectivity index (χ3v) is 4.73. The summed E-state index contributed by atoms with van der Waals surface area (Å²) >= 11 is 0. The summed E-state index contributed by atoms with van der Waals surface area (Å²) < 4.78 is 5.24. The second-order valence-electron chi connectivity index (χ2n) is 6.60. The van der Waals surface area contributed by atoms with Gasteiger partial charge in [-0.1, -0.05) is 30.3 Å². The van der Waals surface area contributed by atoms with Crippen molar-refractivity contribution in [3.8, 4) is 5.75 Å². The van der Waals surface area contributed by atoms with Gasteiger partial charge in [0, 0.05) is 18.2 Å². The number of likely N-dealkylation sites (tertiary alicyclic amines) is 1. The van der Waals surface area contributed by atoms with Gasteiger partial charge in [-0.15, -0.1) is 0 Å². The lowest BCUT2D eigenvalue weighted by Gasteiger charge is -2.25. The molecule has 1 heterocycles. The van der Waals surface area contributed by atoms with E-state index in [4.69, 9.17) is 10.5 Å². The molecule has 1 fully saturated rings. The molecule has 0 unspecified atom stereocenters. The van der Waals surface area contributed by atoms with E-state index in [1.807, 2.05) is 11.0 Å². The predicted molar refractivity (Wildman–Crippen MR) is 100.0 cm³/mol. The fraction of sp³-hybridized carbons (Fsp3) is 0.333. The van der Waals surface area contributed by atoms with Crippen molar-refractivity contribution < 1.29 is 14.3 Å². The molecule has 1 saturated heterocycles. The number of ether oxygens (including phenoxy) is 1. The standard InChI is InChI=1S/C21H24N2O3/c22-20(24)15-26-19-12-9-17(10-13-19)21(25)23-14-4-7-18(23)11-8-16-5-2-1-3-6-16/h1-3,5-6,9-10,12-13,18H,4,7-8,11,14-15H2,(H2,22,24)/t18-/m1/s1. The highest BCUT2D eigenvalue weighted by Gasteiger charge is 2.29. The highest BCUT2D eigenvalue weighted by molar-refractivity contribution is 5.94. The van der Waals surface area contributed by atoms with Crippen LogP contribution in [0.2, 0.25) is 0 Å².